The Morgan fingerprint density at radius 2 is 2.28 bits per heavy atom. The summed E-state index contributed by atoms with van der Waals surface area (Å²) in [6.07, 6.45) is 3.24. The van der Waals surface area contributed by atoms with Crippen LogP contribution in [0.4, 0.5) is 5.82 Å². The normalized spacial score (nSPS) is 23.9. The Morgan fingerprint density at radius 3 is 2.89 bits per heavy atom. The zero-order valence-corrected chi connectivity index (χ0v) is 11.3. The highest BCUT2D eigenvalue weighted by molar-refractivity contribution is 5.36. The van der Waals surface area contributed by atoms with Crippen molar-refractivity contribution in [2.45, 2.75) is 38.4 Å². The van der Waals surface area contributed by atoms with Crippen molar-refractivity contribution in [1.29, 1.82) is 0 Å². The number of aromatic nitrogens is 2. The maximum absolute atomic E-state index is 5.89. The predicted octanol–water partition coefficient (Wildman–Crippen LogP) is 2.08. The van der Waals surface area contributed by atoms with Gasteiger partial charge in [0.05, 0.1) is 12.3 Å². The standard InChI is InChI=1S/C13H21N3O2/c1-13(6-4-5-7-18-13)12-15-10(9-17-3)8-11(14-2)16-12/h8H,4-7,9H2,1-3H3,(H,14,15,16). The molecule has 1 saturated heterocycles. The third-order valence-electron chi connectivity index (χ3n) is 3.27. The van der Waals surface area contributed by atoms with Gasteiger partial charge in [0.25, 0.3) is 0 Å². The van der Waals surface area contributed by atoms with Gasteiger partial charge in [-0.05, 0) is 26.2 Å². The number of hydrogen-bond acceptors (Lipinski definition) is 5. The molecule has 2 heterocycles. The highest BCUT2D eigenvalue weighted by Crippen LogP contribution is 2.33. The lowest BCUT2D eigenvalue weighted by atomic mass is 9.95. The lowest BCUT2D eigenvalue weighted by Crippen LogP contribution is -2.32. The summed E-state index contributed by atoms with van der Waals surface area (Å²) in [4.78, 5) is 9.09. The summed E-state index contributed by atoms with van der Waals surface area (Å²) in [5, 5.41) is 3.06. The van der Waals surface area contributed by atoms with Crippen molar-refractivity contribution in [1.82, 2.24) is 9.97 Å². The molecule has 1 aliphatic heterocycles. The smallest absolute Gasteiger partial charge is 0.162 e. The van der Waals surface area contributed by atoms with E-state index in [1.807, 2.05) is 13.1 Å². The number of hydrogen-bond donors (Lipinski definition) is 1. The molecule has 100 valence electrons. The first-order valence-corrected chi connectivity index (χ1v) is 6.37. The lowest BCUT2D eigenvalue weighted by Gasteiger charge is -2.32. The molecule has 5 nitrogen and oxygen atoms in total. The molecule has 1 N–H and O–H groups in total. The van der Waals surface area contributed by atoms with Gasteiger partial charge in [-0.1, -0.05) is 0 Å². The zero-order valence-electron chi connectivity index (χ0n) is 11.3. The topological polar surface area (TPSA) is 56.3 Å². The van der Waals surface area contributed by atoms with Crippen LogP contribution in [0.3, 0.4) is 0 Å². The summed E-state index contributed by atoms with van der Waals surface area (Å²) in [5.74, 6) is 1.56. The first-order valence-electron chi connectivity index (χ1n) is 6.37. The van der Waals surface area contributed by atoms with Crippen molar-refractivity contribution >= 4 is 5.82 Å². The van der Waals surface area contributed by atoms with Crippen molar-refractivity contribution < 1.29 is 9.47 Å². The van der Waals surface area contributed by atoms with E-state index in [-0.39, 0.29) is 5.60 Å². The van der Waals surface area contributed by atoms with Crippen molar-refractivity contribution in [2.75, 3.05) is 26.1 Å². The monoisotopic (exact) mass is 251 g/mol. The minimum atomic E-state index is -0.367. The van der Waals surface area contributed by atoms with Crippen LogP contribution in [0, 0.1) is 0 Å². The molecule has 1 unspecified atom stereocenters. The van der Waals surface area contributed by atoms with Crippen molar-refractivity contribution in [3.05, 3.63) is 17.6 Å². The summed E-state index contributed by atoms with van der Waals surface area (Å²) >= 11 is 0. The summed E-state index contributed by atoms with van der Waals surface area (Å²) < 4.78 is 11.0. The van der Waals surface area contributed by atoms with Crippen LogP contribution < -0.4 is 5.32 Å². The minimum absolute atomic E-state index is 0.367. The molecule has 1 atom stereocenters. The van der Waals surface area contributed by atoms with Gasteiger partial charge in [-0.3, -0.25) is 0 Å². The van der Waals surface area contributed by atoms with E-state index in [1.165, 1.54) is 0 Å². The lowest BCUT2D eigenvalue weighted by molar-refractivity contribution is -0.0762. The fourth-order valence-corrected chi connectivity index (χ4v) is 2.19. The van der Waals surface area contributed by atoms with Gasteiger partial charge in [0, 0.05) is 26.8 Å². The van der Waals surface area contributed by atoms with E-state index in [0.29, 0.717) is 6.61 Å². The second kappa shape index (κ2) is 5.63. The van der Waals surface area contributed by atoms with Crippen LogP contribution >= 0.6 is 0 Å². The molecule has 5 heteroatoms. The van der Waals surface area contributed by atoms with Crippen LogP contribution in [0.25, 0.3) is 0 Å². The second-order valence-corrected chi connectivity index (χ2v) is 4.79. The van der Waals surface area contributed by atoms with Crippen molar-refractivity contribution in [3.8, 4) is 0 Å². The number of methoxy groups -OCH3 is 1. The Bertz CT molecular complexity index is 403. The first kappa shape index (κ1) is 13.2. The van der Waals surface area contributed by atoms with E-state index in [9.17, 15) is 0 Å². The molecule has 1 fully saturated rings. The fraction of sp³-hybridized carbons (Fsp3) is 0.692. The second-order valence-electron chi connectivity index (χ2n) is 4.79. The Morgan fingerprint density at radius 1 is 1.44 bits per heavy atom. The zero-order chi connectivity index (χ0) is 13.0. The SMILES string of the molecule is CNc1cc(COC)nc(C2(C)CCCCO2)n1. The van der Waals surface area contributed by atoms with Crippen LogP contribution in [0.15, 0.2) is 6.07 Å². The van der Waals surface area contributed by atoms with Gasteiger partial charge in [0.2, 0.25) is 0 Å². The Hall–Kier alpha value is -1.20. The van der Waals surface area contributed by atoms with Crippen LogP contribution in [-0.2, 0) is 21.7 Å². The van der Waals surface area contributed by atoms with Crippen molar-refractivity contribution in [2.24, 2.45) is 0 Å². The van der Waals surface area contributed by atoms with Crippen LogP contribution in [0.1, 0.15) is 37.7 Å². The molecule has 2 rings (SSSR count). The molecule has 0 radical (unpaired) electrons. The third-order valence-corrected chi connectivity index (χ3v) is 3.27. The van der Waals surface area contributed by atoms with E-state index in [1.54, 1.807) is 7.11 Å². The number of anilines is 1. The number of ether oxygens (including phenoxy) is 2. The van der Waals surface area contributed by atoms with Crippen LogP contribution in [-0.4, -0.2) is 30.7 Å². The van der Waals surface area contributed by atoms with Crippen LogP contribution in [0.5, 0.6) is 0 Å². The van der Waals surface area contributed by atoms with Gasteiger partial charge >= 0.3 is 0 Å². The summed E-state index contributed by atoms with van der Waals surface area (Å²) in [5.41, 5.74) is 0.510. The van der Waals surface area contributed by atoms with E-state index < -0.39 is 0 Å². The number of nitrogens with one attached hydrogen (secondary N) is 1. The average molecular weight is 251 g/mol. The van der Waals surface area contributed by atoms with Gasteiger partial charge in [-0.25, -0.2) is 9.97 Å². The largest absolute Gasteiger partial charge is 0.378 e. The fourth-order valence-electron chi connectivity index (χ4n) is 2.19. The molecule has 1 aromatic rings. The average Bonchev–Trinajstić information content (AvgIpc) is 2.39. The van der Waals surface area contributed by atoms with E-state index in [4.69, 9.17) is 9.47 Å². The molecule has 0 aliphatic carbocycles. The maximum Gasteiger partial charge on any atom is 0.162 e. The summed E-state index contributed by atoms with van der Waals surface area (Å²) in [6.45, 7) is 3.33. The van der Waals surface area contributed by atoms with E-state index in [2.05, 4.69) is 22.2 Å². The van der Waals surface area contributed by atoms with Gasteiger partial charge in [-0.15, -0.1) is 0 Å². The molecule has 0 bridgehead atoms. The van der Waals surface area contributed by atoms with Gasteiger partial charge in [-0.2, -0.15) is 0 Å². The molecule has 0 aromatic carbocycles. The molecule has 0 saturated carbocycles. The Kier molecular flexibility index (Phi) is 4.14. The summed E-state index contributed by atoms with van der Waals surface area (Å²) in [7, 11) is 3.52. The molecular formula is C13H21N3O2. The number of rotatable bonds is 4. The van der Waals surface area contributed by atoms with E-state index in [0.717, 1.165) is 43.2 Å². The Labute approximate surface area is 108 Å². The molecule has 0 amide bonds. The minimum Gasteiger partial charge on any atom is -0.378 e. The van der Waals surface area contributed by atoms with Gasteiger partial charge in [0.15, 0.2) is 5.82 Å². The third kappa shape index (κ3) is 2.79. The summed E-state index contributed by atoms with van der Waals surface area (Å²) in [6, 6.07) is 1.90. The molecule has 1 aliphatic rings. The highest BCUT2D eigenvalue weighted by Gasteiger charge is 2.33. The van der Waals surface area contributed by atoms with Gasteiger partial charge < -0.3 is 14.8 Å². The van der Waals surface area contributed by atoms with Crippen molar-refractivity contribution in [3.63, 3.8) is 0 Å². The van der Waals surface area contributed by atoms with Crippen LogP contribution in [0.2, 0.25) is 0 Å². The Balaban J connectivity index is 2.32. The molecular weight excluding hydrogens is 230 g/mol. The molecule has 18 heavy (non-hydrogen) atoms. The quantitative estimate of drug-likeness (QED) is 0.888. The first-order chi connectivity index (χ1) is 8.68. The maximum atomic E-state index is 5.89. The number of nitrogens with zero attached hydrogens (tertiary/aromatic N) is 2. The van der Waals surface area contributed by atoms with E-state index >= 15 is 0 Å². The van der Waals surface area contributed by atoms with Gasteiger partial charge in [0.1, 0.15) is 11.4 Å². The molecule has 0 spiro atoms. The highest BCUT2D eigenvalue weighted by atomic mass is 16.5. The molecule has 1 aromatic heterocycles. The predicted molar refractivity (Wildman–Crippen MR) is 69.4 cm³/mol.